The monoisotopic (exact) mass is 344 g/mol. The molecule has 1 atom stereocenters. The summed E-state index contributed by atoms with van der Waals surface area (Å²) in [4.78, 5) is 35.9. The van der Waals surface area contributed by atoms with Crippen LogP contribution in [0, 0.1) is 5.92 Å². The molecule has 1 aromatic rings. The third-order valence-corrected chi connectivity index (χ3v) is 3.76. The Kier molecular flexibility index (Phi) is 5.10. The smallest absolute Gasteiger partial charge is 0.416 e. The highest BCUT2D eigenvalue weighted by Crippen LogP contribution is 2.29. The van der Waals surface area contributed by atoms with E-state index in [1.54, 1.807) is 0 Å². The molecule has 1 aliphatic heterocycles. The Bertz CT molecular complexity index is 643. The molecular formula is C15H15F3N2O4. The van der Waals surface area contributed by atoms with Crippen LogP contribution in [-0.2, 0) is 15.8 Å². The van der Waals surface area contributed by atoms with Crippen molar-refractivity contribution in [2.45, 2.75) is 12.6 Å². The van der Waals surface area contributed by atoms with Crippen LogP contribution < -0.4 is 5.32 Å². The van der Waals surface area contributed by atoms with Crippen LogP contribution in [0.25, 0.3) is 0 Å². The number of carboxylic acid groups (broad SMARTS) is 1. The van der Waals surface area contributed by atoms with Crippen LogP contribution in [0.15, 0.2) is 24.3 Å². The molecule has 0 bridgehead atoms. The number of nitrogens with one attached hydrogen (secondary N) is 1. The Morgan fingerprint density at radius 2 is 1.83 bits per heavy atom. The molecule has 6 nitrogen and oxygen atoms in total. The van der Waals surface area contributed by atoms with Gasteiger partial charge in [-0.15, -0.1) is 0 Å². The Hall–Kier alpha value is -2.58. The third kappa shape index (κ3) is 4.24. The van der Waals surface area contributed by atoms with Gasteiger partial charge in [-0.1, -0.05) is 0 Å². The first kappa shape index (κ1) is 17.8. The van der Waals surface area contributed by atoms with Gasteiger partial charge in [0.2, 0.25) is 5.91 Å². The van der Waals surface area contributed by atoms with Crippen molar-refractivity contribution in [3.05, 3.63) is 35.4 Å². The van der Waals surface area contributed by atoms with Crippen LogP contribution in [-0.4, -0.2) is 47.4 Å². The zero-order chi connectivity index (χ0) is 17.9. The van der Waals surface area contributed by atoms with Crippen LogP contribution >= 0.6 is 0 Å². The summed E-state index contributed by atoms with van der Waals surface area (Å²) in [5, 5.41) is 11.2. The number of hydrogen-bond acceptors (Lipinski definition) is 3. The highest BCUT2D eigenvalue weighted by atomic mass is 19.4. The van der Waals surface area contributed by atoms with Crippen LogP contribution in [0.4, 0.5) is 13.2 Å². The summed E-state index contributed by atoms with van der Waals surface area (Å²) in [6, 6.07) is 3.63. The summed E-state index contributed by atoms with van der Waals surface area (Å²) >= 11 is 0. The predicted molar refractivity (Wildman–Crippen MR) is 76.1 cm³/mol. The molecule has 24 heavy (non-hydrogen) atoms. The summed E-state index contributed by atoms with van der Waals surface area (Å²) in [6.45, 7) is 0.0441. The lowest BCUT2D eigenvalue weighted by atomic mass is 10.1. The number of rotatable bonds is 4. The summed E-state index contributed by atoms with van der Waals surface area (Å²) in [5.74, 6) is -2.69. The fourth-order valence-corrected chi connectivity index (χ4v) is 2.37. The van der Waals surface area contributed by atoms with Crippen molar-refractivity contribution in [1.29, 1.82) is 0 Å². The number of benzene rings is 1. The molecule has 1 aliphatic rings. The number of aliphatic carboxylic acids is 1. The van der Waals surface area contributed by atoms with Crippen LogP contribution in [0.3, 0.4) is 0 Å². The SMILES string of the molecule is O=C(NCC(=O)N1CCC(C(=O)O)C1)c1ccc(C(F)(F)F)cc1. The fourth-order valence-electron chi connectivity index (χ4n) is 2.37. The van der Waals surface area contributed by atoms with Crippen molar-refractivity contribution in [2.24, 2.45) is 5.92 Å². The lowest BCUT2D eigenvalue weighted by Crippen LogP contribution is -2.39. The number of hydrogen-bond donors (Lipinski definition) is 2. The van der Waals surface area contributed by atoms with Crippen LogP contribution in [0.5, 0.6) is 0 Å². The van der Waals surface area contributed by atoms with Gasteiger partial charge in [-0.3, -0.25) is 14.4 Å². The third-order valence-electron chi connectivity index (χ3n) is 3.76. The average Bonchev–Trinajstić information content (AvgIpc) is 3.02. The van der Waals surface area contributed by atoms with E-state index in [0.29, 0.717) is 13.0 Å². The van der Waals surface area contributed by atoms with Crippen molar-refractivity contribution in [2.75, 3.05) is 19.6 Å². The molecule has 0 aliphatic carbocycles. The molecule has 0 saturated carbocycles. The molecule has 0 aromatic heterocycles. The molecule has 0 spiro atoms. The van der Waals surface area contributed by atoms with Gasteiger partial charge in [0, 0.05) is 18.7 Å². The molecule has 1 saturated heterocycles. The first-order valence-electron chi connectivity index (χ1n) is 7.14. The van der Waals surface area contributed by atoms with E-state index in [2.05, 4.69) is 5.32 Å². The predicted octanol–water partition coefficient (Wildman–Crippen LogP) is 1.37. The molecule has 0 radical (unpaired) electrons. The van der Waals surface area contributed by atoms with Gasteiger partial charge in [-0.05, 0) is 30.7 Å². The largest absolute Gasteiger partial charge is 0.481 e. The molecule has 1 fully saturated rings. The maximum atomic E-state index is 12.4. The van der Waals surface area contributed by atoms with Crippen LogP contribution in [0.1, 0.15) is 22.3 Å². The number of carbonyl (C=O) groups is 3. The normalized spacial score (nSPS) is 17.6. The number of alkyl halides is 3. The van der Waals surface area contributed by atoms with E-state index in [-0.39, 0.29) is 18.7 Å². The van der Waals surface area contributed by atoms with Gasteiger partial charge >= 0.3 is 12.1 Å². The van der Waals surface area contributed by atoms with E-state index in [4.69, 9.17) is 5.11 Å². The maximum Gasteiger partial charge on any atom is 0.416 e. The number of carbonyl (C=O) groups excluding carboxylic acids is 2. The second-order valence-electron chi connectivity index (χ2n) is 5.42. The minimum absolute atomic E-state index is 0.000587. The van der Waals surface area contributed by atoms with E-state index in [0.717, 1.165) is 24.3 Å². The van der Waals surface area contributed by atoms with E-state index in [1.165, 1.54) is 4.90 Å². The van der Waals surface area contributed by atoms with Crippen molar-refractivity contribution in [3.8, 4) is 0 Å². The highest BCUT2D eigenvalue weighted by molar-refractivity contribution is 5.96. The van der Waals surface area contributed by atoms with Crippen molar-refractivity contribution in [3.63, 3.8) is 0 Å². The molecule has 2 amide bonds. The summed E-state index contributed by atoms with van der Waals surface area (Å²) in [5.41, 5.74) is -0.868. The minimum Gasteiger partial charge on any atom is -0.481 e. The van der Waals surface area contributed by atoms with E-state index < -0.39 is 35.4 Å². The number of carboxylic acids is 1. The topological polar surface area (TPSA) is 86.7 Å². The molecule has 1 heterocycles. The van der Waals surface area contributed by atoms with E-state index in [9.17, 15) is 27.6 Å². The second kappa shape index (κ2) is 6.90. The van der Waals surface area contributed by atoms with E-state index >= 15 is 0 Å². The van der Waals surface area contributed by atoms with Gasteiger partial charge in [0.05, 0.1) is 18.0 Å². The Morgan fingerprint density at radius 3 is 2.33 bits per heavy atom. The number of halogens is 3. The van der Waals surface area contributed by atoms with Gasteiger partial charge in [-0.25, -0.2) is 0 Å². The first-order valence-corrected chi connectivity index (χ1v) is 7.14. The van der Waals surface area contributed by atoms with Gasteiger partial charge < -0.3 is 15.3 Å². The fraction of sp³-hybridized carbons (Fsp3) is 0.400. The number of nitrogens with zero attached hydrogens (tertiary/aromatic N) is 1. The standard InChI is InChI=1S/C15H15F3N2O4/c16-15(17,18)11-3-1-9(2-4-11)13(22)19-7-12(21)20-6-5-10(8-20)14(23)24/h1-4,10H,5-8H2,(H,19,22)(H,23,24). The van der Waals surface area contributed by atoms with Gasteiger partial charge in [0.15, 0.2) is 0 Å². The summed E-state index contributed by atoms with van der Waals surface area (Å²) in [6.07, 6.45) is -4.13. The number of likely N-dealkylation sites (tertiary alicyclic amines) is 1. The zero-order valence-corrected chi connectivity index (χ0v) is 12.5. The average molecular weight is 344 g/mol. The molecule has 2 N–H and O–H groups in total. The second-order valence-corrected chi connectivity index (χ2v) is 5.42. The van der Waals surface area contributed by atoms with E-state index in [1.807, 2.05) is 0 Å². The molecular weight excluding hydrogens is 329 g/mol. The quantitative estimate of drug-likeness (QED) is 0.864. The lowest BCUT2D eigenvalue weighted by molar-refractivity contribution is -0.141. The highest BCUT2D eigenvalue weighted by Gasteiger charge is 2.31. The van der Waals surface area contributed by atoms with Crippen molar-refractivity contribution >= 4 is 17.8 Å². The molecule has 1 aromatic carbocycles. The van der Waals surface area contributed by atoms with Gasteiger partial charge in [0.25, 0.3) is 5.91 Å². The first-order chi connectivity index (χ1) is 11.2. The molecule has 9 heteroatoms. The Morgan fingerprint density at radius 1 is 1.21 bits per heavy atom. The molecule has 1 unspecified atom stereocenters. The maximum absolute atomic E-state index is 12.4. The minimum atomic E-state index is -4.48. The summed E-state index contributed by atoms with van der Waals surface area (Å²) < 4.78 is 37.3. The number of amides is 2. The Labute approximate surface area is 135 Å². The lowest BCUT2D eigenvalue weighted by Gasteiger charge is -2.16. The molecule has 130 valence electrons. The van der Waals surface area contributed by atoms with Gasteiger partial charge in [0.1, 0.15) is 0 Å². The Balaban J connectivity index is 1.87. The molecule has 2 rings (SSSR count). The van der Waals surface area contributed by atoms with Crippen molar-refractivity contribution in [1.82, 2.24) is 10.2 Å². The van der Waals surface area contributed by atoms with Crippen LogP contribution in [0.2, 0.25) is 0 Å². The van der Waals surface area contributed by atoms with Crippen molar-refractivity contribution < 1.29 is 32.7 Å². The summed E-state index contributed by atoms with van der Waals surface area (Å²) in [7, 11) is 0. The van der Waals surface area contributed by atoms with Gasteiger partial charge in [-0.2, -0.15) is 13.2 Å². The zero-order valence-electron chi connectivity index (χ0n) is 12.5.